The first-order valence-corrected chi connectivity index (χ1v) is 13.1. The number of hydrogen-bond donors (Lipinski definition) is 1. The highest BCUT2D eigenvalue weighted by Crippen LogP contribution is 2.28. The predicted molar refractivity (Wildman–Crippen MR) is 129 cm³/mol. The highest BCUT2D eigenvalue weighted by atomic mass is 32.2. The number of nitrogens with one attached hydrogen (secondary N) is 1. The molecule has 0 saturated heterocycles. The number of ether oxygens (including phenoxy) is 1. The third kappa shape index (κ3) is 5.40. The zero-order valence-corrected chi connectivity index (χ0v) is 20.6. The maximum Gasteiger partial charge on any atom is 0.264 e. The van der Waals surface area contributed by atoms with E-state index < -0.39 is 15.9 Å². The van der Waals surface area contributed by atoms with Crippen LogP contribution < -0.4 is 14.4 Å². The van der Waals surface area contributed by atoms with Crippen LogP contribution in [0.4, 0.5) is 10.8 Å². The van der Waals surface area contributed by atoms with Crippen molar-refractivity contribution >= 4 is 49.8 Å². The van der Waals surface area contributed by atoms with Gasteiger partial charge < -0.3 is 4.74 Å². The summed E-state index contributed by atoms with van der Waals surface area (Å²) >= 11 is 2.81. The molecule has 170 valence electrons. The van der Waals surface area contributed by atoms with Crippen molar-refractivity contribution in [2.75, 3.05) is 29.0 Å². The summed E-state index contributed by atoms with van der Waals surface area (Å²) in [5, 5.41) is 11.1. The van der Waals surface area contributed by atoms with E-state index in [0.717, 1.165) is 10.1 Å². The van der Waals surface area contributed by atoms with Gasteiger partial charge in [-0.2, -0.15) is 0 Å². The minimum atomic E-state index is -3.88. The van der Waals surface area contributed by atoms with E-state index in [-0.39, 0.29) is 10.5 Å². The number of aryl methyl sites for hydroxylation is 1. The fraction of sp³-hybridized carbons (Fsp3) is 0.286. The molecule has 0 bridgehead atoms. The zero-order valence-electron chi connectivity index (χ0n) is 18.2. The third-order valence-corrected chi connectivity index (χ3v) is 8.15. The lowest BCUT2D eigenvalue weighted by atomic mass is 10.1. The first kappa shape index (κ1) is 24.0. The van der Waals surface area contributed by atoms with Gasteiger partial charge in [0.1, 0.15) is 5.75 Å². The number of benzene rings is 2. The summed E-state index contributed by atoms with van der Waals surface area (Å²) in [6.45, 7) is 6.16. The molecule has 1 aromatic heterocycles. The molecule has 0 aliphatic carbocycles. The molecule has 3 rings (SSSR count). The normalized spacial score (nSPS) is 11.2. The molecule has 3 aromatic rings. The Bertz CT molecular complexity index is 1190. The van der Waals surface area contributed by atoms with E-state index in [4.69, 9.17) is 4.74 Å². The lowest BCUT2D eigenvalue weighted by molar-refractivity contribution is 0.102. The van der Waals surface area contributed by atoms with Crippen molar-refractivity contribution in [1.29, 1.82) is 0 Å². The number of nitrogens with zero attached hydrogens (tertiary/aromatic N) is 3. The molecule has 0 radical (unpaired) electrons. The number of amides is 1. The number of rotatable bonds is 9. The largest absolute Gasteiger partial charge is 0.494 e. The topological polar surface area (TPSA) is 101 Å². The second kappa shape index (κ2) is 10.3. The van der Waals surface area contributed by atoms with Crippen molar-refractivity contribution < 1.29 is 17.9 Å². The van der Waals surface area contributed by atoms with Gasteiger partial charge in [-0.15, -0.1) is 10.2 Å². The van der Waals surface area contributed by atoms with Crippen molar-refractivity contribution in [3.8, 4) is 5.75 Å². The van der Waals surface area contributed by atoms with E-state index in [1.807, 2.05) is 13.8 Å². The number of sulfonamides is 1. The van der Waals surface area contributed by atoms with E-state index >= 15 is 0 Å². The van der Waals surface area contributed by atoms with E-state index in [1.54, 1.807) is 37.3 Å². The quantitative estimate of drug-likeness (QED) is 0.348. The minimum absolute atomic E-state index is 0.0177. The monoisotopic (exact) mass is 492 g/mol. The number of carbonyl (C=O) groups is 1. The Labute approximate surface area is 196 Å². The molecule has 0 aliphatic heterocycles. The summed E-state index contributed by atoms with van der Waals surface area (Å²) in [6, 6.07) is 11.3. The molecule has 11 heteroatoms. The van der Waals surface area contributed by atoms with Gasteiger partial charge in [0.15, 0.2) is 4.34 Å². The third-order valence-electron chi connectivity index (χ3n) is 4.52. The molecule has 0 saturated carbocycles. The zero-order chi connectivity index (χ0) is 23.3. The van der Waals surface area contributed by atoms with Crippen LogP contribution in [0.15, 0.2) is 51.7 Å². The van der Waals surface area contributed by atoms with Gasteiger partial charge in [-0.3, -0.25) is 14.4 Å². The summed E-state index contributed by atoms with van der Waals surface area (Å²) in [5.41, 5.74) is 1.39. The smallest absolute Gasteiger partial charge is 0.264 e. The van der Waals surface area contributed by atoms with Crippen molar-refractivity contribution in [2.45, 2.75) is 30.0 Å². The predicted octanol–water partition coefficient (Wildman–Crippen LogP) is 4.43. The maximum atomic E-state index is 13.2. The Morgan fingerprint density at radius 1 is 1.16 bits per heavy atom. The first-order valence-electron chi connectivity index (χ1n) is 9.86. The molecule has 0 fully saturated rings. The highest BCUT2D eigenvalue weighted by Gasteiger charge is 2.24. The van der Waals surface area contributed by atoms with E-state index in [9.17, 15) is 13.2 Å². The molecule has 1 heterocycles. The maximum absolute atomic E-state index is 13.2. The fourth-order valence-corrected chi connectivity index (χ4v) is 5.69. The molecular weight excluding hydrogens is 468 g/mol. The average molecular weight is 493 g/mol. The average Bonchev–Trinajstić information content (AvgIpc) is 3.21. The molecule has 32 heavy (non-hydrogen) atoms. The Kier molecular flexibility index (Phi) is 7.75. The van der Waals surface area contributed by atoms with E-state index in [2.05, 4.69) is 15.5 Å². The molecular formula is C21H24N4O4S3. The Hall–Kier alpha value is -2.63. The highest BCUT2D eigenvalue weighted by molar-refractivity contribution is 8.01. The van der Waals surface area contributed by atoms with E-state index in [0.29, 0.717) is 28.7 Å². The van der Waals surface area contributed by atoms with Gasteiger partial charge in [0.05, 0.1) is 17.2 Å². The molecule has 0 spiro atoms. The Morgan fingerprint density at radius 2 is 1.88 bits per heavy atom. The minimum Gasteiger partial charge on any atom is -0.494 e. The van der Waals surface area contributed by atoms with Crippen LogP contribution in [0.5, 0.6) is 5.75 Å². The molecule has 0 atom stereocenters. The van der Waals surface area contributed by atoms with Crippen LogP contribution in [0.3, 0.4) is 0 Å². The second-order valence-electron chi connectivity index (χ2n) is 6.64. The van der Waals surface area contributed by atoms with Gasteiger partial charge in [0.2, 0.25) is 5.13 Å². The van der Waals surface area contributed by atoms with Crippen molar-refractivity contribution in [1.82, 2.24) is 10.2 Å². The van der Waals surface area contributed by atoms with E-state index in [1.165, 1.54) is 46.6 Å². The fourth-order valence-electron chi connectivity index (χ4n) is 2.83. The lowest BCUT2D eigenvalue weighted by Gasteiger charge is -2.20. The summed E-state index contributed by atoms with van der Waals surface area (Å²) in [4.78, 5) is 12.8. The summed E-state index contributed by atoms with van der Waals surface area (Å²) in [7, 11) is -2.41. The Balaban J connectivity index is 1.84. The number of thioether (sulfide) groups is 1. The van der Waals surface area contributed by atoms with Gasteiger partial charge in [0, 0.05) is 12.6 Å². The SMILES string of the molecule is CCOc1ccc(N(C)S(=O)(=O)c2ccc(C)c(C(=O)Nc3nnc(SCC)s3)c2)cc1. The van der Waals surface area contributed by atoms with Crippen LogP contribution in [0.2, 0.25) is 0 Å². The molecule has 0 aliphatic rings. The van der Waals surface area contributed by atoms with Gasteiger partial charge >= 0.3 is 0 Å². The van der Waals surface area contributed by atoms with Crippen LogP contribution in [-0.2, 0) is 10.0 Å². The standard InChI is InChI=1S/C21H24N4O4S3/c1-5-29-16-10-8-15(9-11-16)25(4)32(27,28)17-12-7-14(3)18(13-17)19(26)22-20-23-24-21(31-20)30-6-2/h7-13H,5-6H2,1-4H3,(H,22,23,26). The van der Waals surface area contributed by atoms with Crippen LogP contribution in [-0.4, -0.2) is 43.9 Å². The number of carbonyl (C=O) groups excluding carboxylic acids is 1. The molecule has 1 N–H and O–H groups in total. The number of anilines is 2. The molecule has 1 amide bonds. The van der Waals surface area contributed by atoms with Crippen LogP contribution in [0.1, 0.15) is 29.8 Å². The van der Waals surface area contributed by atoms with Gasteiger partial charge in [-0.1, -0.05) is 36.1 Å². The van der Waals surface area contributed by atoms with Gasteiger partial charge in [0.25, 0.3) is 15.9 Å². The second-order valence-corrected chi connectivity index (χ2v) is 11.1. The molecule has 8 nitrogen and oxygen atoms in total. The lowest BCUT2D eigenvalue weighted by Crippen LogP contribution is -2.27. The van der Waals surface area contributed by atoms with Crippen molar-refractivity contribution in [3.63, 3.8) is 0 Å². The summed E-state index contributed by atoms with van der Waals surface area (Å²) in [5.74, 6) is 1.07. The number of hydrogen-bond acceptors (Lipinski definition) is 8. The summed E-state index contributed by atoms with van der Waals surface area (Å²) < 4.78 is 33.7. The molecule has 2 aromatic carbocycles. The van der Waals surface area contributed by atoms with Crippen LogP contribution >= 0.6 is 23.1 Å². The van der Waals surface area contributed by atoms with Gasteiger partial charge in [-0.05, 0) is 61.6 Å². The van der Waals surface area contributed by atoms with Crippen LogP contribution in [0, 0.1) is 6.92 Å². The van der Waals surface area contributed by atoms with Gasteiger partial charge in [-0.25, -0.2) is 8.42 Å². The van der Waals surface area contributed by atoms with Crippen LogP contribution in [0.25, 0.3) is 0 Å². The van der Waals surface area contributed by atoms with Crippen molar-refractivity contribution in [2.24, 2.45) is 0 Å². The summed E-state index contributed by atoms with van der Waals surface area (Å²) in [6.07, 6.45) is 0. The van der Waals surface area contributed by atoms with Crippen molar-refractivity contribution in [3.05, 3.63) is 53.6 Å². The number of aromatic nitrogens is 2. The first-order chi connectivity index (χ1) is 15.3. The Morgan fingerprint density at radius 3 is 2.53 bits per heavy atom. The molecule has 0 unspecified atom stereocenters.